The molecule has 172 valence electrons. The van der Waals surface area contributed by atoms with Crippen molar-refractivity contribution < 1.29 is 14.3 Å². The Hall–Kier alpha value is -2.42. The van der Waals surface area contributed by atoms with Crippen molar-refractivity contribution in [2.45, 2.75) is 32.1 Å². The third-order valence-corrected chi connectivity index (χ3v) is 16.7. The summed E-state index contributed by atoms with van der Waals surface area (Å²) < 4.78 is 11.2. The molecule has 0 saturated heterocycles. The van der Waals surface area contributed by atoms with Crippen LogP contribution in [0, 0.1) is 0 Å². The van der Waals surface area contributed by atoms with E-state index in [2.05, 4.69) is 106 Å². The number of carbonyl (C=O) groups is 1. The zero-order chi connectivity index (χ0) is 23.2. The standard InChI is InChI=1S/C28H30BrO3P/c1-31-28(30)22-32-26-20-12-5-13-21-27(26)33(29,23-14-6-2-7-15-23,24-16-8-3-9-17-24)25-18-10-4-11-19-25/h2-4,6-11,14-19H,5,12-13,20-22H2,1H3. The molecule has 5 heteroatoms. The third-order valence-electron chi connectivity index (χ3n) is 6.46. The van der Waals surface area contributed by atoms with Crippen LogP contribution in [0.5, 0.6) is 0 Å². The summed E-state index contributed by atoms with van der Waals surface area (Å²) in [5.74, 6) is 0.559. The predicted octanol–water partition coefficient (Wildman–Crippen LogP) is 6.19. The average Bonchev–Trinajstić information content (AvgIpc) is 3.14. The topological polar surface area (TPSA) is 35.5 Å². The molecule has 0 bridgehead atoms. The fraction of sp³-hybridized carbons (Fsp3) is 0.250. The molecule has 0 radical (unpaired) electrons. The molecule has 0 heterocycles. The van der Waals surface area contributed by atoms with Crippen molar-refractivity contribution in [2.24, 2.45) is 0 Å². The fourth-order valence-corrected chi connectivity index (χ4v) is 13.4. The van der Waals surface area contributed by atoms with Gasteiger partial charge in [-0.2, -0.15) is 0 Å². The molecule has 1 aliphatic rings. The van der Waals surface area contributed by atoms with Crippen molar-refractivity contribution in [3.8, 4) is 0 Å². The normalized spacial score (nSPS) is 15.8. The molecule has 0 spiro atoms. The van der Waals surface area contributed by atoms with Crippen LogP contribution < -0.4 is 15.9 Å². The van der Waals surface area contributed by atoms with E-state index in [1.54, 1.807) is 0 Å². The van der Waals surface area contributed by atoms with Gasteiger partial charge in [-0.25, -0.2) is 0 Å². The molecule has 33 heavy (non-hydrogen) atoms. The van der Waals surface area contributed by atoms with E-state index < -0.39 is 5.31 Å². The van der Waals surface area contributed by atoms with Crippen molar-refractivity contribution in [3.63, 3.8) is 0 Å². The number of benzene rings is 3. The molecule has 1 aliphatic carbocycles. The maximum absolute atomic E-state index is 12.0. The summed E-state index contributed by atoms with van der Waals surface area (Å²) in [6.07, 6.45) is 4.96. The number of rotatable bonds is 7. The first-order valence-corrected chi connectivity index (χ1v) is 15.7. The van der Waals surface area contributed by atoms with Crippen molar-refractivity contribution in [2.75, 3.05) is 13.7 Å². The van der Waals surface area contributed by atoms with Gasteiger partial charge in [0.25, 0.3) is 0 Å². The molecule has 3 aromatic carbocycles. The van der Waals surface area contributed by atoms with Crippen LogP contribution in [0.25, 0.3) is 0 Å². The van der Waals surface area contributed by atoms with Crippen molar-refractivity contribution in [1.29, 1.82) is 0 Å². The minimum absolute atomic E-state index is 0.0762. The summed E-state index contributed by atoms with van der Waals surface area (Å²) in [7, 11) is 1.40. The van der Waals surface area contributed by atoms with Gasteiger partial charge in [0.2, 0.25) is 0 Å². The number of allylic oxidation sites excluding steroid dienone is 2. The fourth-order valence-electron chi connectivity index (χ4n) is 4.88. The molecule has 0 aliphatic heterocycles. The first-order chi connectivity index (χ1) is 16.1. The van der Waals surface area contributed by atoms with Crippen LogP contribution in [0.4, 0.5) is 0 Å². The molecule has 0 saturated carbocycles. The van der Waals surface area contributed by atoms with Crippen LogP contribution in [0.2, 0.25) is 0 Å². The van der Waals surface area contributed by atoms with E-state index in [4.69, 9.17) is 9.47 Å². The van der Waals surface area contributed by atoms with Gasteiger partial charge in [0.15, 0.2) is 0 Å². The quantitative estimate of drug-likeness (QED) is 0.273. The Morgan fingerprint density at radius 3 is 1.67 bits per heavy atom. The number of esters is 1. The average molecular weight is 525 g/mol. The number of ether oxygens (including phenoxy) is 2. The van der Waals surface area contributed by atoms with Gasteiger partial charge in [-0.3, -0.25) is 0 Å². The van der Waals surface area contributed by atoms with Gasteiger partial charge in [0.1, 0.15) is 0 Å². The Morgan fingerprint density at radius 1 is 0.758 bits per heavy atom. The number of carbonyl (C=O) groups excluding carboxylic acids is 1. The predicted molar refractivity (Wildman–Crippen MR) is 142 cm³/mol. The second-order valence-corrected chi connectivity index (χ2v) is 16.7. The van der Waals surface area contributed by atoms with Gasteiger partial charge in [-0.05, 0) is 0 Å². The number of hydrogen-bond acceptors (Lipinski definition) is 3. The summed E-state index contributed by atoms with van der Waals surface area (Å²) in [6.45, 7) is -0.0762. The Labute approximate surface area is 204 Å². The monoisotopic (exact) mass is 524 g/mol. The van der Waals surface area contributed by atoms with Gasteiger partial charge >= 0.3 is 205 Å². The molecule has 0 fully saturated rings. The van der Waals surface area contributed by atoms with E-state index in [-0.39, 0.29) is 12.6 Å². The molecular weight excluding hydrogens is 495 g/mol. The molecule has 0 aromatic heterocycles. The summed E-state index contributed by atoms with van der Waals surface area (Å²) >= 11 is 4.55. The number of hydrogen-bond donors (Lipinski definition) is 0. The molecule has 0 unspecified atom stereocenters. The Morgan fingerprint density at radius 2 is 1.21 bits per heavy atom. The summed E-state index contributed by atoms with van der Waals surface area (Å²) in [4.78, 5) is 12.0. The maximum atomic E-state index is 12.0. The van der Waals surface area contributed by atoms with Crippen LogP contribution in [-0.2, 0) is 14.3 Å². The van der Waals surface area contributed by atoms with Crippen LogP contribution in [0.1, 0.15) is 32.1 Å². The third kappa shape index (κ3) is 4.27. The van der Waals surface area contributed by atoms with E-state index in [0.717, 1.165) is 37.9 Å². The summed E-state index contributed by atoms with van der Waals surface area (Å²) in [6, 6.07) is 32.2. The molecule has 0 atom stereocenters. The molecule has 3 aromatic rings. The first kappa shape index (κ1) is 23.7. The minimum atomic E-state index is -3.31. The van der Waals surface area contributed by atoms with E-state index in [9.17, 15) is 4.79 Å². The molecule has 3 nitrogen and oxygen atoms in total. The summed E-state index contributed by atoms with van der Waals surface area (Å²) in [5, 5.41) is 1.66. The number of halogens is 1. The zero-order valence-electron chi connectivity index (χ0n) is 19.0. The molecular formula is C28H30BrO3P. The number of methoxy groups -OCH3 is 1. The Bertz CT molecular complexity index is 1010. The second kappa shape index (κ2) is 10.2. The Kier molecular flexibility index (Phi) is 7.36. The molecule has 0 N–H and O–H groups in total. The first-order valence-electron chi connectivity index (χ1n) is 11.4. The van der Waals surface area contributed by atoms with E-state index in [1.165, 1.54) is 28.3 Å². The molecule has 0 amide bonds. The van der Waals surface area contributed by atoms with Gasteiger partial charge < -0.3 is 0 Å². The van der Waals surface area contributed by atoms with E-state index in [0.29, 0.717) is 0 Å². The van der Waals surface area contributed by atoms with Crippen LogP contribution in [0.3, 0.4) is 0 Å². The van der Waals surface area contributed by atoms with Crippen LogP contribution in [-0.4, -0.2) is 19.7 Å². The van der Waals surface area contributed by atoms with Gasteiger partial charge in [0, 0.05) is 0 Å². The second-order valence-electron chi connectivity index (χ2n) is 8.31. The van der Waals surface area contributed by atoms with Crippen molar-refractivity contribution in [1.82, 2.24) is 0 Å². The molecule has 4 rings (SSSR count). The van der Waals surface area contributed by atoms with Gasteiger partial charge in [-0.15, -0.1) is 0 Å². The van der Waals surface area contributed by atoms with Crippen LogP contribution >= 0.6 is 20.8 Å². The van der Waals surface area contributed by atoms with E-state index in [1.807, 2.05) is 0 Å². The van der Waals surface area contributed by atoms with Crippen molar-refractivity contribution >= 4 is 42.7 Å². The summed E-state index contributed by atoms with van der Waals surface area (Å²) in [5.41, 5.74) is 0. The van der Waals surface area contributed by atoms with Crippen molar-refractivity contribution in [3.05, 3.63) is 102 Å². The van der Waals surface area contributed by atoms with Gasteiger partial charge in [-0.1, -0.05) is 0 Å². The SMILES string of the molecule is COC(=O)COC1=C(P(Br)(c2ccccc2)(c2ccccc2)c2ccccc2)CCCCC1. The van der Waals surface area contributed by atoms with Gasteiger partial charge in [0.05, 0.1) is 0 Å². The van der Waals surface area contributed by atoms with Crippen LogP contribution in [0.15, 0.2) is 102 Å². The Balaban J connectivity index is 2.11. The zero-order valence-corrected chi connectivity index (χ0v) is 21.4. The van der Waals surface area contributed by atoms with E-state index >= 15 is 0 Å².